The Morgan fingerprint density at radius 3 is 2.09 bits per heavy atom. The normalized spacial score (nSPS) is 19.0. The molecule has 1 saturated heterocycles. The fourth-order valence-corrected chi connectivity index (χ4v) is 9.69. The molecule has 11 heteroatoms. The smallest absolute Gasteiger partial charge is 0.226 e. The zero-order valence-corrected chi connectivity index (χ0v) is 38.1. The molecule has 0 saturated carbocycles. The number of methoxy groups -OCH3 is 2. The number of thiazole rings is 1. The first-order chi connectivity index (χ1) is 27.0. The Kier molecular flexibility index (Phi) is 19.5. The molecule has 1 aromatic heterocycles. The average Bonchev–Trinajstić information content (AvgIpc) is 3.90. The van der Waals surface area contributed by atoms with Gasteiger partial charge in [0, 0.05) is 76.0 Å². The molecule has 0 radical (unpaired) electrons. The number of ether oxygens (including phenoxy) is 2. The molecule has 0 bridgehead atoms. The molecule has 10 nitrogen and oxygen atoms in total. The molecule has 1 aromatic carbocycles. The van der Waals surface area contributed by atoms with Crippen LogP contribution in [0.1, 0.15) is 117 Å². The summed E-state index contributed by atoms with van der Waals surface area (Å²) in [7, 11) is 7.03. The molecule has 1 aliphatic heterocycles. The predicted molar refractivity (Wildman–Crippen MR) is 230 cm³/mol. The third-order valence-corrected chi connectivity index (χ3v) is 13.6. The van der Waals surface area contributed by atoms with Gasteiger partial charge in [0.25, 0.3) is 0 Å². The van der Waals surface area contributed by atoms with Gasteiger partial charge in [-0.1, -0.05) is 85.2 Å². The van der Waals surface area contributed by atoms with Gasteiger partial charge in [0.15, 0.2) is 5.78 Å². The lowest BCUT2D eigenvalue weighted by atomic mass is 9.83. The van der Waals surface area contributed by atoms with Gasteiger partial charge in [0.05, 0.1) is 41.8 Å². The van der Waals surface area contributed by atoms with Crippen molar-refractivity contribution in [1.82, 2.24) is 19.7 Å². The van der Waals surface area contributed by atoms with Crippen molar-refractivity contribution >= 4 is 34.7 Å². The van der Waals surface area contributed by atoms with Gasteiger partial charge in [-0.3, -0.25) is 24.1 Å². The number of Topliss-reactive ketones (excluding diaryl/α,β-unsaturated/α-hetero) is 2. The lowest BCUT2D eigenvalue weighted by molar-refractivity contribution is -0.149. The van der Waals surface area contributed by atoms with Gasteiger partial charge >= 0.3 is 0 Å². The SMILES string of the molecule is CC[C@H](C)[C@@H]([C@@H](CC(=O)N1CCC[C@H]1[C@H](OC)[C@@H](C)C(=O)C[C@@H](Cc1ccccc1)c1nccs1)OC)N(C)C(=O)C(CC(=O)[C@H](C(C)C)N(C)C(C)C)C(C)C. The zero-order valence-electron chi connectivity index (χ0n) is 37.3. The fraction of sp³-hybridized carbons (Fsp3) is 0.717. The van der Waals surface area contributed by atoms with Crippen molar-refractivity contribution in [2.24, 2.45) is 29.6 Å². The molecule has 0 N–H and O–H groups in total. The second-order valence-electron chi connectivity index (χ2n) is 17.5. The standard InChI is InChI=1S/C46H74N4O6S/c1-14-32(8)43(49(11)46(54)36(29(2)3)27-39(52)42(30(4)5)48(10)31(6)7)40(55-12)28-41(53)50-23-18-21-37(50)44(56-13)33(9)38(51)26-35(45-47-22-24-57-45)25-34-19-16-15-17-20-34/h15-17,19-20,22,24,29-33,35-37,40,42-44H,14,18,21,23,25-28H2,1-13H3/t32-,33-,35+,36?,37-,40+,42-,43-,44+/m0/s1. The third-order valence-electron chi connectivity index (χ3n) is 12.7. The Morgan fingerprint density at radius 2 is 1.56 bits per heavy atom. The van der Waals surface area contributed by atoms with Gasteiger partial charge in [-0.15, -0.1) is 11.3 Å². The summed E-state index contributed by atoms with van der Waals surface area (Å²) in [4.78, 5) is 67.1. The maximum absolute atomic E-state index is 14.5. The van der Waals surface area contributed by atoms with Crippen LogP contribution in [-0.2, 0) is 35.1 Å². The number of amides is 2. The Bertz CT molecular complexity index is 1530. The maximum Gasteiger partial charge on any atom is 0.226 e. The number of aromatic nitrogens is 1. The number of hydrogen-bond acceptors (Lipinski definition) is 9. The van der Waals surface area contributed by atoms with E-state index in [0.717, 1.165) is 29.8 Å². The molecule has 1 aliphatic rings. The van der Waals surface area contributed by atoms with Crippen molar-refractivity contribution in [3.8, 4) is 0 Å². The first-order valence-electron chi connectivity index (χ1n) is 21.3. The summed E-state index contributed by atoms with van der Waals surface area (Å²) < 4.78 is 12.2. The second kappa shape index (κ2) is 23.0. The van der Waals surface area contributed by atoms with E-state index in [0.29, 0.717) is 19.4 Å². The van der Waals surface area contributed by atoms with Crippen molar-refractivity contribution in [3.05, 3.63) is 52.5 Å². The summed E-state index contributed by atoms with van der Waals surface area (Å²) >= 11 is 1.57. The lowest BCUT2D eigenvalue weighted by Crippen LogP contribution is -2.54. The van der Waals surface area contributed by atoms with Gasteiger partial charge < -0.3 is 19.3 Å². The Labute approximate surface area is 348 Å². The van der Waals surface area contributed by atoms with Crippen molar-refractivity contribution in [1.29, 1.82) is 0 Å². The molecule has 0 aliphatic carbocycles. The van der Waals surface area contributed by atoms with Crippen LogP contribution in [0.15, 0.2) is 41.9 Å². The van der Waals surface area contributed by atoms with Crippen molar-refractivity contribution < 1.29 is 28.7 Å². The van der Waals surface area contributed by atoms with E-state index in [-0.39, 0.29) is 84.1 Å². The van der Waals surface area contributed by atoms with Gasteiger partial charge in [0.2, 0.25) is 11.8 Å². The van der Waals surface area contributed by atoms with Crippen LogP contribution in [0, 0.1) is 29.6 Å². The highest BCUT2D eigenvalue weighted by Gasteiger charge is 2.43. The number of rotatable bonds is 24. The lowest BCUT2D eigenvalue weighted by Gasteiger charge is -2.41. The van der Waals surface area contributed by atoms with E-state index < -0.39 is 24.0 Å². The summed E-state index contributed by atoms with van der Waals surface area (Å²) in [6.07, 6.45) is 4.37. The topological polar surface area (TPSA) is 109 Å². The molecule has 2 amide bonds. The fourth-order valence-electron chi connectivity index (χ4n) is 8.95. The molecule has 9 atom stereocenters. The Morgan fingerprint density at radius 1 is 0.895 bits per heavy atom. The van der Waals surface area contributed by atoms with Crippen LogP contribution in [-0.4, -0.2) is 114 Å². The van der Waals surface area contributed by atoms with Crippen LogP contribution in [0.4, 0.5) is 0 Å². The van der Waals surface area contributed by atoms with Crippen LogP contribution in [0.5, 0.6) is 0 Å². The average molecular weight is 811 g/mol. The van der Waals surface area contributed by atoms with Crippen molar-refractivity contribution in [3.63, 3.8) is 0 Å². The number of benzene rings is 1. The maximum atomic E-state index is 14.5. The number of nitrogens with zero attached hydrogens (tertiary/aromatic N) is 4. The Hall–Kier alpha value is -2.99. The molecular formula is C46H74N4O6S. The quantitative estimate of drug-likeness (QED) is 0.105. The molecule has 1 unspecified atom stereocenters. The minimum Gasteiger partial charge on any atom is -0.379 e. The number of likely N-dealkylation sites (N-methyl/N-ethyl adjacent to an activating group) is 2. The molecule has 1 fully saturated rings. The molecule has 3 rings (SSSR count). The Balaban J connectivity index is 1.80. The van der Waals surface area contributed by atoms with Crippen LogP contribution in [0.3, 0.4) is 0 Å². The van der Waals surface area contributed by atoms with E-state index in [2.05, 4.69) is 63.6 Å². The van der Waals surface area contributed by atoms with E-state index in [9.17, 15) is 19.2 Å². The number of carbonyl (C=O) groups excluding carboxylic acids is 4. The third kappa shape index (κ3) is 12.8. The van der Waals surface area contributed by atoms with E-state index in [4.69, 9.17) is 9.47 Å². The minimum atomic E-state index is -0.571. The molecule has 2 heterocycles. The van der Waals surface area contributed by atoms with E-state index in [1.54, 1.807) is 43.7 Å². The summed E-state index contributed by atoms with van der Waals surface area (Å²) in [5.41, 5.74) is 1.16. The van der Waals surface area contributed by atoms with E-state index in [1.165, 1.54) is 0 Å². The van der Waals surface area contributed by atoms with Crippen molar-refractivity contribution in [2.45, 2.75) is 150 Å². The highest BCUT2D eigenvalue weighted by Crippen LogP contribution is 2.33. The van der Waals surface area contributed by atoms with Gasteiger partial charge in [0.1, 0.15) is 5.78 Å². The molecule has 0 spiro atoms. The monoisotopic (exact) mass is 811 g/mol. The predicted octanol–water partition coefficient (Wildman–Crippen LogP) is 7.95. The minimum absolute atomic E-state index is 0.0242. The summed E-state index contributed by atoms with van der Waals surface area (Å²) in [5, 5.41) is 2.90. The largest absolute Gasteiger partial charge is 0.379 e. The van der Waals surface area contributed by atoms with Crippen LogP contribution in [0.25, 0.3) is 0 Å². The number of likely N-dealkylation sites (tertiary alicyclic amines) is 1. The van der Waals surface area contributed by atoms with Crippen LogP contribution >= 0.6 is 11.3 Å². The molecule has 57 heavy (non-hydrogen) atoms. The van der Waals surface area contributed by atoms with Gasteiger partial charge in [-0.05, 0) is 63.5 Å². The summed E-state index contributed by atoms with van der Waals surface area (Å²) in [6, 6.07) is 9.45. The van der Waals surface area contributed by atoms with Gasteiger partial charge in [-0.25, -0.2) is 4.98 Å². The van der Waals surface area contributed by atoms with Crippen LogP contribution < -0.4 is 0 Å². The highest BCUT2D eigenvalue weighted by molar-refractivity contribution is 7.09. The highest BCUT2D eigenvalue weighted by atomic mass is 32.1. The summed E-state index contributed by atoms with van der Waals surface area (Å²) in [6.45, 7) is 19.0. The number of carbonyl (C=O) groups is 4. The first kappa shape index (κ1) is 48.4. The summed E-state index contributed by atoms with van der Waals surface area (Å²) in [5.74, 6) is -0.909. The van der Waals surface area contributed by atoms with Crippen molar-refractivity contribution in [2.75, 3.05) is 34.9 Å². The van der Waals surface area contributed by atoms with Gasteiger partial charge in [-0.2, -0.15) is 0 Å². The van der Waals surface area contributed by atoms with Crippen LogP contribution in [0.2, 0.25) is 0 Å². The zero-order chi connectivity index (χ0) is 42.6. The molecule has 320 valence electrons. The first-order valence-corrected chi connectivity index (χ1v) is 22.2. The number of hydrogen-bond donors (Lipinski definition) is 0. The number of ketones is 2. The molecular weight excluding hydrogens is 737 g/mol. The second-order valence-corrected chi connectivity index (χ2v) is 18.4. The van der Waals surface area contributed by atoms with E-state index >= 15 is 0 Å². The molecule has 2 aromatic rings. The van der Waals surface area contributed by atoms with E-state index in [1.807, 2.05) is 56.3 Å².